The summed E-state index contributed by atoms with van der Waals surface area (Å²) >= 11 is 0. The summed E-state index contributed by atoms with van der Waals surface area (Å²) in [6.45, 7) is 8.00. The summed E-state index contributed by atoms with van der Waals surface area (Å²) in [7, 11) is 0. The van der Waals surface area contributed by atoms with Crippen LogP contribution < -0.4 is 0 Å². The Morgan fingerprint density at radius 3 is 2.59 bits per heavy atom. The Morgan fingerprint density at radius 2 is 2.00 bits per heavy atom. The van der Waals surface area contributed by atoms with E-state index in [9.17, 15) is 9.59 Å². The molecule has 0 heterocycles. The second kappa shape index (κ2) is 4.75. The van der Waals surface area contributed by atoms with Gasteiger partial charge in [-0.2, -0.15) is 0 Å². The summed E-state index contributed by atoms with van der Waals surface area (Å²) in [6.07, 6.45) is 3.57. The van der Waals surface area contributed by atoms with Gasteiger partial charge in [-0.25, -0.2) is 0 Å². The molecule has 0 aliphatic heterocycles. The van der Waals surface area contributed by atoms with Crippen LogP contribution in [0, 0.1) is 17.3 Å². The van der Waals surface area contributed by atoms with E-state index in [0.717, 1.165) is 18.4 Å². The van der Waals surface area contributed by atoms with Gasteiger partial charge in [0.05, 0.1) is 0 Å². The predicted octanol–water partition coefficient (Wildman–Crippen LogP) is 3.55. The summed E-state index contributed by atoms with van der Waals surface area (Å²) in [5.41, 5.74) is 0.869. The summed E-state index contributed by atoms with van der Waals surface area (Å²) in [5.74, 6) is 1.25. The zero-order chi connectivity index (χ0) is 11.9. The number of carbonyl (C=O) groups excluding carboxylic acids is 2. The van der Waals surface area contributed by atoms with Crippen molar-refractivity contribution in [1.82, 2.24) is 0 Å². The fourth-order valence-corrected chi connectivity index (χ4v) is 3.18. The SMILES string of the molecule is C.C=C(C)[C@@H]1CC(=O)[C@@]2(C)CCC(=O)C[C@H]2C1. The number of ketones is 2. The molecule has 0 N–H and O–H groups in total. The number of fused-ring (bicyclic) bond motifs is 1. The van der Waals surface area contributed by atoms with E-state index >= 15 is 0 Å². The first-order valence-electron chi connectivity index (χ1n) is 6.14. The first-order chi connectivity index (χ1) is 7.43. The van der Waals surface area contributed by atoms with Gasteiger partial charge in [-0.1, -0.05) is 26.5 Å². The Kier molecular flexibility index (Phi) is 3.95. The lowest BCUT2D eigenvalue weighted by molar-refractivity contribution is -0.142. The third-order valence-corrected chi connectivity index (χ3v) is 4.63. The molecule has 2 nitrogen and oxygen atoms in total. The fourth-order valence-electron chi connectivity index (χ4n) is 3.18. The fraction of sp³-hybridized carbons (Fsp3) is 0.733. The third-order valence-electron chi connectivity index (χ3n) is 4.63. The summed E-state index contributed by atoms with van der Waals surface area (Å²) in [4.78, 5) is 23.7. The van der Waals surface area contributed by atoms with Gasteiger partial charge in [-0.05, 0) is 31.6 Å². The maximum atomic E-state index is 12.2. The lowest BCUT2D eigenvalue weighted by atomic mass is 9.57. The highest BCUT2D eigenvalue weighted by Gasteiger charge is 2.48. The first-order valence-corrected chi connectivity index (χ1v) is 6.14. The molecule has 2 aliphatic carbocycles. The van der Waals surface area contributed by atoms with E-state index in [2.05, 4.69) is 13.5 Å². The smallest absolute Gasteiger partial charge is 0.139 e. The van der Waals surface area contributed by atoms with E-state index < -0.39 is 0 Å². The molecule has 0 unspecified atom stereocenters. The van der Waals surface area contributed by atoms with Gasteiger partial charge in [0.2, 0.25) is 0 Å². The quantitative estimate of drug-likeness (QED) is 0.652. The monoisotopic (exact) mass is 236 g/mol. The van der Waals surface area contributed by atoms with Gasteiger partial charge < -0.3 is 0 Å². The molecule has 2 fully saturated rings. The van der Waals surface area contributed by atoms with Crippen LogP contribution in [0.5, 0.6) is 0 Å². The number of rotatable bonds is 1. The molecule has 0 spiro atoms. The second-order valence-electron chi connectivity index (χ2n) is 5.76. The van der Waals surface area contributed by atoms with E-state index in [0.29, 0.717) is 36.7 Å². The van der Waals surface area contributed by atoms with Crippen LogP contribution in [-0.4, -0.2) is 11.6 Å². The van der Waals surface area contributed by atoms with E-state index in [1.165, 1.54) is 0 Å². The molecule has 0 bridgehead atoms. The highest BCUT2D eigenvalue weighted by Crippen LogP contribution is 2.49. The van der Waals surface area contributed by atoms with Crippen LogP contribution in [0.1, 0.15) is 53.4 Å². The highest BCUT2D eigenvalue weighted by molar-refractivity contribution is 5.90. The molecule has 2 heteroatoms. The molecule has 2 aliphatic rings. The van der Waals surface area contributed by atoms with Gasteiger partial charge in [-0.15, -0.1) is 0 Å². The molecule has 0 saturated heterocycles. The Bertz CT molecular complexity index is 356. The number of hydrogen-bond acceptors (Lipinski definition) is 2. The van der Waals surface area contributed by atoms with Gasteiger partial charge in [0, 0.05) is 24.7 Å². The van der Waals surface area contributed by atoms with Crippen molar-refractivity contribution in [3.8, 4) is 0 Å². The predicted molar refractivity (Wildman–Crippen MR) is 69.7 cm³/mol. The average Bonchev–Trinajstić information content (AvgIpc) is 2.21. The molecule has 0 amide bonds. The topological polar surface area (TPSA) is 34.1 Å². The van der Waals surface area contributed by atoms with Crippen LogP contribution >= 0.6 is 0 Å². The van der Waals surface area contributed by atoms with Gasteiger partial charge in [0.1, 0.15) is 11.6 Å². The summed E-state index contributed by atoms with van der Waals surface area (Å²) in [5, 5.41) is 0. The van der Waals surface area contributed by atoms with Gasteiger partial charge in [-0.3, -0.25) is 9.59 Å². The molecule has 0 aromatic heterocycles. The molecule has 0 radical (unpaired) electrons. The van der Waals surface area contributed by atoms with Crippen molar-refractivity contribution in [2.45, 2.75) is 53.4 Å². The minimum absolute atomic E-state index is 0. The third kappa shape index (κ3) is 2.36. The average molecular weight is 236 g/mol. The van der Waals surface area contributed by atoms with Crippen LogP contribution in [0.4, 0.5) is 0 Å². The number of allylic oxidation sites excluding steroid dienone is 1. The minimum atomic E-state index is -0.222. The van der Waals surface area contributed by atoms with Crippen molar-refractivity contribution in [3.63, 3.8) is 0 Å². The maximum absolute atomic E-state index is 12.2. The molecular formula is C15H24O2. The van der Waals surface area contributed by atoms with Gasteiger partial charge >= 0.3 is 0 Å². The highest BCUT2D eigenvalue weighted by atomic mass is 16.1. The molecule has 0 aromatic carbocycles. The lowest BCUT2D eigenvalue weighted by Gasteiger charge is -2.45. The molecule has 96 valence electrons. The number of Topliss-reactive ketones (excluding diaryl/α,β-unsaturated/α-hetero) is 2. The first kappa shape index (κ1) is 14.1. The van der Waals surface area contributed by atoms with Gasteiger partial charge in [0.25, 0.3) is 0 Å². The normalized spacial score (nSPS) is 37.1. The molecule has 0 aromatic rings. The Labute approximate surface area is 104 Å². The van der Waals surface area contributed by atoms with Crippen molar-refractivity contribution < 1.29 is 9.59 Å². The van der Waals surface area contributed by atoms with Crippen molar-refractivity contribution in [1.29, 1.82) is 0 Å². The maximum Gasteiger partial charge on any atom is 0.139 e. The summed E-state index contributed by atoms with van der Waals surface area (Å²) < 4.78 is 0. The van der Waals surface area contributed by atoms with Crippen molar-refractivity contribution in [2.24, 2.45) is 17.3 Å². The molecular weight excluding hydrogens is 212 g/mol. The van der Waals surface area contributed by atoms with Crippen LogP contribution in [-0.2, 0) is 9.59 Å². The number of carbonyl (C=O) groups is 2. The largest absolute Gasteiger partial charge is 0.300 e. The van der Waals surface area contributed by atoms with Crippen molar-refractivity contribution in [3.05, 3.63) is 12.2 Å². The second-order valence-corrected chi connectivity index (χ2v) is 5.76. The minimum Gasteiger partial charge on any atom is -0.300 e. The summed E-state index contributed by atoms with van der Waals surface area (Å²) in [6, 6.07) is 0. The Hall–Kier alpha value is -0.920. The molecule has 2 saturated carbocycles. The Morgan fingerprint density at radius 1 is 1.35 bits per heavy atom. The van der Waals surface area contributed by atoms with Crippen molar-refractivity contribution >= 4 is 11.6 Å². The van der Waals surface area contributed by atoms with E-state index in [4.69, 9.17) is 0 Å². The molecule has 17 heavy (non-hydrogen) atoms. The van der Waals surface area contributed by atoms with Crippen LogP contribution in [0.3, 0.4) is 0 Å². The zero-order valence-corrected chi connectivity index (χ0v) is 10.2. The molecule has 3 atom stereocenters. The van der Waals surface area contributed by atoms with Crippen LogP contribution in [0.15, 0.2) is 12.2 Å². The zero-order valence-electron chi connectivity index (χ0n) is 10.2. The van der Waals surface area contributed by atoms with E-state index in [1.54, 1.807) is 0 Å². The van der Waals surface area contributed by atoms with Crippen molar-refractivity contribution in [2.75, 3.05) is 0 Å². The van der Waals surface area contributed by atoms with E-state index in [-0.39, 0.29) is 18.8 Å². The number of hydrogen-bond donors (Lipinski definition) is 0. The van der Waals surface area contributed by atoms with Crippen LogP contribution in [0.25, 0.3) is 0 Å². The van der Waals surface area contributed by atoms with Crippen LogP contribution in [0.2, 0.25) is 0 Å². The van der Waals surface area contributed by atoms with Gasteiger partial charge in [0.15, 0.2) is 0 Å². The molecule has 2 rings (SSSR count). The lowest BCUT2D eigenvalue weighted by Crippen LogP contribution is -2.46. The Balaban J connectivity index is 0.00000144. The van der Waals surface area contributed by atoms with E-state index in [1.807, 2.05) is 6.92 Å². The standard InChI is InChI=1S/C14H20O2.CH4/c1-9(2)10-6-11-8-12(15)4-5-14(11,3)13(16)7-10;/h10-11H,1,4-8H2,2-3H3;1H4/t10-,11+,14-;/m0./s1.